The van der Waals surface area contributed by atoms with Gasteiger partial charge in [0.2, 0.25) is 0 Å². The van der Waals surface area contributed by atoms with E-state index in [0.29, 0.717) is 0 Å². The van der Waals surface area contributed by atoms with E-state index in [1.165, 1.54) is 19.3 Å². The summed E-state index contributed by atoms with van der Waals surface area (Å²) in [6.45, 7) is 4.29. The van der Waals surface area contributed by atoms with Crippen LogP contribution in [-0.4, -0.2) is 4.98 Å². The van der Waals surface area contributed by atoms with E-state index in [0.717, 1.165) is 35.9 Å². The van der Waals surface area contributed by atoms with Crippen LogP contribution in [0, 0.1) is 29.6 Å². The Hall–Kier alpha value is -0.880. The first-order valence-corrected chi connectivity index (χ1v) is 7.38. The summed E-state index contributed by atoms with van der Waals surface area (Å²) in [4.78, 5) is 4.50. The number of aromatic nitrogens is 1. The summed E-state index contributed by atoms with van der Waals surface area (Å²) in [6.07, 6.45) is 6.65. The molecule has 1 fully saturated rings. The molecule has 0 saturated heterocycles. The average Bonchev–Trinajstić information content (AvgIpc) is 2.75. The maximum Gasteiger partial charge on any atom is 0.0897 e. The predicted molar refractivity (Wildman–Crippen MR) is 70.9 cm³/mol. The number of nitriles is 1. The zero-order valence-electron chi connectivity index (χ0n) is 10.7. The van der Waals surface area contributed by atoms with E-state index in [2.05, 4.69) is 23.4 Å². The van der Waals surface area contributed by atoms with Gasteiger partial charge in [0.1, 0.15) is 0 Å². The summed E-state index contributed by atoms with van der Waals surface area (Å²) < 4.78 is 0. The van der Waals surface area contributed by atoms with Crippen molar-refractivity contribution < 1.29 is 0 Å². The highest BCUT2D eigenvalue weighted by Crippen LogP contribution is 2.41. The van der Waals surface area contributed by atoms with E-state index in [-0.39, 0.29) is 5.41 Å². The van der Waals surface area contributed by atoms with Crippen LogP contribution in [-0.2, 0) is 6.42 Å². The third-order valence-electron chi connectivity index (χ3n) is 4.06. The van der Waals surface area contributed by atoms with E-state index < -0.39 is 0 Å². The lowest BCUT2D eigenvalue weighted by atomic mass is 9.68. The Morgan fingerprint density at radius 1 is 1.53 bits per heavy atom. The smallest absolute Gasteiger partial charge is 0.0897 e. The van der Waals surface area contributed by atoms with Gasteiger partial charge in [-0.15, -0.1) is 11.3 Å². The molecule has 0 unspecified atom stereocenters. The number of nitrogens with zero attached hydrogens (tertiary/aromatic N) is 2. The molecule has 2 nitrogen and oxygen atoms in total. The first-order valence-electron chi connectivity index (χ1n) is 6.50. The fraction of sp³-hybridized carbons (Fsp3) is 0.714. The van der Waals surface area contributed by atoms with Crippen LogP contribution < -0.4 is 0 Å². The molecule has 1 saturated carbocycles. The van der Waals surface area contributed by atoms with Crippen LogP contribution in [0.25, 0.3) is 0 Å². The average molecular weight is 248 g/mol. The Bertz CT molecular complexity index is 408. The van der Waals surface area contributed by atoms with Crippen LogP contribution in [0.15, 0.2) is 5.38 Å². The number of aryl methyl sites for hydroxylation is 1. The molecule has 17 heavy (non-hydrogen) atoms. The van der Waals surface area contributed by atoms with Crippen LogP contribution in [0.4, 0.5) is 0 Å². The molecule has 0 atom stereocenters. The Morgan fingerprint density at radius 3 is 2.71 bits per heavy atom. The molecular weight excluding hydrogens is 228 g/mol. The fourth-order valence-corrected chi connectivity index (χ4v) is 3.42. The molecule has 0 N–H and O–H groups in total. The molecule has 0 bridgehead atoms. The molecule has 92 valence electrons. The summed E-state index contributed by atoms with van der Waals surface area (Å²) >= 11 is 1.69. The van der Waals surface area contributed by atoms with Gasteiger partial charge in [-0.25, -0.2) is 4.98 Å². The third kappa shape index (κ3) is 2.87. The highest BCUT2D eigenvalue weighted by atomic mass is 32.1. The van der Waals surface area contributed by atoms with Gasteiger partial charge in [-0.3, -0.25) is 0 Å². The molecule has 1 aliphatic carbocycles. The van der Waals surface area contributed by atoms with Crippen LogP contribution in [0.1, 0.15) is 49.7 Å². The summed E-state index contributed by atoms with van der Waals surface area (Å²) in [5, 5.41) is 12.7. The maximum absolute atomic E-state index is 9.49. The second kappa shape index (κ2) is 5.18. The number of hydrogen-bond acceptors (Lipinski definition) is 3. The zero-order valence-corrected chi connectivity index (χ0v) is 11.5. The Kier molecular flexibility index (Phi) is 3.83. The second-order valence-corrected chi connectivity index (χ2v) is 6.34. The van der Waals surface area contributed by atoms with Crippen molar-refractivity contribution in [2.45, 2.75) is 52.4 Å². The number of rotatable bonds is 3. The van der Waals surface area contributed by atoms with Crippen LogP contribution in [0.2, 0.25) is 0 Å². The lowest BCUT2D eigenvalue weighted by molar-refractivity contribution is 0.204. The predicted octanol–water partition coefficient (Wildman–Crippen LogP) is 4.10. The van der Waals surface area contributed by atoms with E-state index in [1.54, 1.807) is 11.3 Å². The Morgan fingerprint density at radius 2 is 2.24 bits per heavy atom. The van der Waals surface area contributed by atoms with Crippen LogP contribution in [0.5, 0.6) is 0 Å². The Balaban J connectivity index is 2.04. The molecule has 1 heterocycles. The zero-order chi connectivity index (χ0) is 12.3. The highest BCUT2D eigenvalue weighted by Gasteiger charge is 2.35. The van der Waals surface area contributed by atoms with E-state index in [9.17, 15) is 5.26 Å². The molecule has 1 aliphatic rings. The van der Waals surface area contributed by atoms with Gasteiger partial charge in [-0.1, -0.05) is 13.3 Å². The molecule has 0 amide bonds. The van der Waals surface area contributed by atoms with Crippen molar-refractivity contribution >= 4 is 11.3 Å². The van der Waals surface area contributed by atoms with E-state index in [4.69, 9.17) is 0 Å². The molecule has 0 aliphatic heterocycles. The minimum absolute atomic E-state index is 0.133. The molecule has 3 heteroatoms. The summed E-state index contributed by atoms with van der Waals surface area (Å²) in [7, 11) is 0. The summed E-state index contributed by atoms with van der Waals surface area (Å²) in [5.74, 6) is 0.841. The SMILES string of the molecule is CCC1CCC(C#N)(Cc2csc(C)n2)CC1. The largest absolute Gasteiger partial charge is 0.247 e. The highest BCUT2D eigenvalue weighted by molar-refractivity contribution is 7.09. The molecule has 1 aromatic rings. The van der Waals surface area contributed by atoms with Crippen molar-refractivity contribution in [2.24, 2.45) is 11.3 Å². The topological polar surface area (TPSA) is 36.7 Å². The van der Waals surface area contributed by atoms with Gasteiger partial charge in [0.15, 0.2) is 0 Å². The Labute approximate surface area is 108 Å². The molecule has 0 aromatic carbocycles. The molecule has 1 aromatic heterocycles. The van der Waals surface area contributed by atoms with Crippen molar-refractivity contribution in [1.82, 2.24) is 4.98 Å². The van der Waals surface area contributed by atoms with Crippen molar-refractivity contribution in [1.29, 1.82) is 5.26 Å². The van der Waals surface area contributed by atoms with Gasteiger partial charge in [0, 0.05) is 11.8 Å². The number of hydrogen-bond donors (Lipinski definition) is 0. The van der Waals surface area contributed by atoms with Gasteiger partial charge in [-0.2, -0.15) is 5.26 Å². The van der Waals surface area contributed by atoms with Gasteiger partial charge in [0.05, 0.1) is 22.2 Å². The van der Waals surface area contributed by atoms with Crippen molar-refractivity contribution in [3.8, 4) is 6.07 Å². The summed E-state index contributed by atoms with van der Waals surface area (Å²) in [6, 6.07) is 2.58. The first-order chi connectivity index (χ1) is 8.17. The molecule has 2 rings (SSSR count). The standard InChI is InChI=1S/C14H20N2S/c1-3-12-4-6-14(10-15,7-5-12)8-13-9-17-11(2)16-13/h9,12H,3-8H2,1-2H3. The molecule has 0 spiro atoms. The first kappa shape index (κ1) is 12.6. The van der Waals surface area contributed by atoms with Crippen LogP contribution in [0.3, 0.4) is 0 Å². The summed E-state index contributed by atoms with van der Waals surface area (Å²) in [5.41, 5.74) is 0.982. The van der Waals surface area contributed by atoms with Gasteiger partial charge >= 0.3 is 0 Å². The van der Waals surface area contributed by atoms with E-state index >= 15 is 0 Å². The minimum Gasteiger partial charge on any atom is -0.247 e. The lowest BCUT2D eigenvalue weighted by Crippen LogP contribution is -2.28. The van der Waals surface area contributed by atoms with Crippen molar-refractivity contribution in [2.75, 3.05) is 0 Å². The van der Waals surface area contributed by atoms with Crippen molar-refractivity contribution in [3.63, 3.8) is 0 Å². The lowest BCUT2D eigenvalue weighted by Gasteiger charge is -2.34. The van der Waals surface area contributed by atoms with Gasteiger partial charge < -0.3 is 0 Å². The third-order valence-corrected chi connectivity index (χ3v) is 4.89. The number of thiazole rings is 1. The normalized spacial score (nSPS) is 28.9. The van der Waals surface area contributed by atoms with Gasteiger partial charge in [-0.05, 0) is 38.5 Å². The van der Waals surface area contributed by atoms with Crippen LogP contribution >= 0.6 is 11.3 Å². The second-order valence-electron chi connectivity index (χ2n) is 5.28. The van der Waals surface area contributed by atoms with Crippen molar-refractivity contribution in [3.05, 3.63) is 16.1 Å². The molecular formula is C14H20N2S. The fourth-order valence-electron chi connectivity index (χ4n) is 2.80. The van der Waals surface area contributed by atoms with E-state index in [1.807, 2.05) is 6.92 Å². The monoisotopic (exact) mass is 248 g/mol. The molecule has 0 radical (unpaired) electrons. The quantitative estimate of drug-likeness (QED) is 0.807. The maximum atomic E-state index is 9.49. The van der Waals surface area contributed by atoms with Gasteiger partial charge in [0.25, 0.3) is 0 Å². The minimum atomic E-state index is -0.133.